The first-order valence-corrected chi connectivity index (χ1v) is 7.44. The number of hydrogen-bond donors (Lipinski definition) is 1. The summed E-state index contributed by atoms with van der Waals surface area (Å²) in [7, 11) is 2.04. The van der Waals surface area contributed by atoms with Crippen molar-refractivity contribution in [2.75, 3.05) is 33.3 Å². The maximum atomic E-state index is 6.01. The summed E-state index contributed by atoms with van der Waals surface area (Å²) in [5, 5.41) is 3.38. The van der Waals surface area contributed by atoms with E-state index in [1.54, 1.807) is 0 Å². The summed E-state index contributed by atoms with van der Waals surface area (Å²) in [5.41, 5.74) is 2.82. The largest absolute Gasteiger partial charge is 0.492 e. The Morgan fingerprint density at radius 1 is 1.32 bits per heavy atom. The molecule has 1 N–H and O–H groups in total. The molecule has 0 spiro atoms. The molecule has 0 aliphatic heterocycles. The van der Waals surface area contributed by atoms with Gasteiger partial charge < -0.3 is 15.0 Å². The Kier molecular flexibility index (Phi) is 5.23. The highest BCUT2D eigenvalue weighted by atomic mass is 16.5. The van der Waals surface area contributed by atoms with Crippen molar-refractivity contribution in [3.63, 3.8) is 0 Å². The van der Waals surface area contributed by atoms with Crippen LogP contribution in [0.5, 0.6) is 5.75 Å². The second-order valence-electron chi connectivity index (χ2n) is 5.08. The monoisotopic (exact) mass is 262 g/mol. The fourth-order valence-corrected chi connectivity index (χ4v) is 2.88. The molecular weight excluding hydrogens is 236 g/mol. The molecule has 3 nitrogen and oxygen atoms in total. The summed E-state index contributed by atoms with van der Waals surface area (Å²) in [4.78, 5) is 2.39. The zero-order valence-corrected chi connectivity index (χ0v) is 12.4. The molecule has 19 heavy (non-hydrogen) atoms. The average molecular weight is 262 g/mol. The molecule has 0 bridgehead atoms. The predicted octanol–water partition coefficient (Wildman–Crippen LogP) is 2.61. The van der Waals surface area contributed by atoms with Gasteiger partial charge in [0.1, 0.15) is 12.4 Å². The molecule has 1 aromatic rings. The maximum Gasteiger partial charge on any atom is 0.122 e. The third-order valence-electron chi connectivity index (χ3n) is 4.14. The smallest absolute Gasteiger partial charge is 0.122 e. The topological polar surface area (TPSA) is 24.5 Å². The summed E-state index contributed by atoms with van der Waals surface area (Å²) >= 11 is 0. The molecular formula is C16H26N2O. The van der Waals surface area contributed by atoms with Gasteiger partial charge in [-0.3, -0.25) is 0 Å². The number of hydrogen-bond acceptors (Lipinski definition) is 3. The fourth-order valence-electron chi connectivity index (χ4n) is 2.88. The van der Waals surface area contributed by atoms with Gasteiger partial charge in [0, 0.05) is 12.6 Å². The number of likely N-dealkylation sites (N-methyl/N-ethyl adjacent to an activating group) is 1. The minimum absolute atomic E-state index is 0.501. The van der Waals surface area contributed by atoms with Crippen molar-refractivity contribution in [2.45, 2.75) is 32.7 Å². The minimum atomic E-state index is 0.501. The molecule has 1 aliphatic rings. The van der Waals surface area contributed by atoms with E-state index in [-0.39, 0.29) is 0 Å². The van der Waals surface area contributed by atoms with Crippen molar-refractivity contribution in [3.05, 3.63) is 29.3 Å². The third kappa shape index (κ3) is 3.28. The summed E-state index contributed by atoms with van der Waals surface area (Å²) in [6, 6.07) is 6.95. The highest BCUT2D eigenvalue weighted by Gasteiger charge is 2.23. The molecule has 1 aliphatic carbocycles. The standard InChI is InChI=1S/C16H26N2O/c1-4-18(5-2)11-12-19-16-8-6-7-13-14(16)9-10-15(13)17-3/h6-8,15,17H,4-5,9-12H2,1-3H3. The van der Waals surface area contributed by atoms with Gasteiger partial charge in [0.25, 0.3) is 0 Å². The van der Waals surface area contributed by atoms with Gasteiger partial charge in [-0.1, -0.05) is 26.0 Å². The lowest BCUT2D eigenvalue weighted by Crippen LogP contribution is -2.28. The molecule has 0 aromatic heterocycles. The van der Waals surface area contributed by atoms with Gasteiger partial charge in [-0.2, -0.15) is 0 Å². The van der Waals surface area contributed by atoms with Gasteiger partial charge in [0.2, 0.25) is 0 Å². The van der Waals surface area contributed by atoms with Crippen molar-refractivity contribution in [1.29, 1.82) is 0 Å². The second kappa shape index (κ2) is 6.92. The maximum absolute atomic E-state index is 6.01. The molecule has 3 heteroatoms. The van der Waals surface area contributed by atoms with E-state index in [1.807, 2.05) is 7.05 Å². The molecule has 2 rings (SSSR count). The Morgan fingerprint density at radius 3 is 2.79 bits per heavy atom. The van der Waals surface area contributed by atoms with E-state index in [9.17, 15) is 0 Å². The van der Waals surface area contributed by atoms with Crippen molar-refractivity contribution in [1.82, 2.24) is 10.2 Å². The Bertz CT molecular complexity index is 402. The number of nitrogens with zero attached hydrogens (tertiary/aromatic N) is 1. The van der Waals surface area contributed by atoms with Crippen LogP contribution in [-0.2, 0) is 6.42 Å². The number of fused-ring (bicyclic) bond motifs is 1. The molecule has 1 aromatic carbocycles. The number of benzene rings is 1. The highest BCUT2D eigenvalue weighted by molar-refractivity contribution is 5.45. The Labute approximate surface area is 116 Å². The van der Waals surface area contributed by atoms with E-state index in [4.69, 9.17) is 4.74 Å². The van der Waals surface area contributed by atoms with Crippen LogP contribution in [0.15, 0.2) is 18.2 Å². The van der Waals surface area contributed by atoms with Crippen molar-refractivity contribution < 1.29 is 4.74 Å². The summed E-state index contributed by atoms with van der Waals surface area (Å²) in [6.45, 7) is 8.36. The lowest BCUT2D eigenvalue weighted by Gasteiger charge is -2.19. The molecule has 0 heterocycles. The van der Waals surface area contributed by atoms with E-state index in [2.05, 4.69) is 42.3 Å². The van der Waals surface area contributed by atoms with Crippen LogP contribution >= 0.6 is 0 Å². The lowest BCUT2D eigenvalue weighted by molar-refractivity contribution is 0.222. The van der Waals surface area contributed by atoms with E-state index >= 15 is 0 Å². The van der Waals surface area contributed by atoms with Crippen LogP contribution < -0.4 is 10.1 Å². The van der Waals surface area contributed by atoms with Gasteiger partial charge in [-0.15, -0.1) is 0 Å². The molecule has 106 valence electrons. The van der Waals surface area contributed by atoms with Crippen molar-refractivity contribution in [3.8, 4) is 5.75 Å². The van der Waals surface area contributed by atoms with E-state index in [0.717, 1.165) is 38.4 Å². The summed E-state index contributed by atoms with van der Waals surface area (Å²) in [5.74, 6) is 1.09. The van der Waals surface area contributed by atoms with Gasteiger partial charge in [-0.25, -0.2) is 0 Å². The van der Waals surface area contributed by atoms with E-state index in [0.29, 0.717) is 6.04 Å². The minimum Gasteiger partial charge on any atom is -0.492 e. The number of rotatable bonds is 7. The van der Waals surface area contributed by atoms with Crippen LogP contribution in [0.25, 0.3) is 0 Å². The predicted molar refractivity (Wildman–Crippen MR) is 79.8 cm³/mol. The van der Waals surface area contributed by atoms with Gasteiger partial charge in [-0.05, 0) is 50.2 Å². The number of nitrogens with one attached hydrogen (secondary N) is 1. The normalized spacial score (nSPS) is 17.8. The molecule has 0 amide bonds. The first-order chi connectivity index (χ1) is 9.30. The Morgan fingerprint density at radius 2 is 2.11 bits per heavy atom. The van der Waals surface area contributed by atoms with Crippen LogP contribution in [0.1, 0.15) is 37.4 Å². The molecule has 0 saturated heterocycles. The third-order valence-corrected chi connectivity index (χ3v) is 4.14. The van der Waals surface area contributed by atoms with Crippen LogP contribution in [0.4, 0.5) is 0 Å². The van der Waals surface area contributed by atoms with Crippen molar-refractivity contribution >= 4 is 0 Å². The first-order valence-electron chi connectivity index (χ1n) is 7.44. The van der Waals surface area contributed by atoms with Crippen LogP contribution in [-0.4, -0.2) is 38.2 Å². The van der Waals surface area contributed by atoms with E-state index in [1.165, 1.54) is 17.5 Å². The van der Waals surface area contributed by atoms with E-state index < -0.39 is 0 Å². The zero-order valence-electron chi connectivity index (χ0n) is 12.4. The molecule has 0 radical (unpaired) electrons. The first kappa shape index (κ1) is 14.4. The van der Waals surface area contributed by atoms with Gasteiger partial charge in [0.05, 0.1) is 0 Å². The molecule has 1 atom stereocenters. The number of ether oxygens (including phenoxy) is 1. The Balaban J connectivity index is 1.97. The highest BCUT2D eigenvalue weighted by Crippen LogP contribution is 2.36. The Hall–Kier alpha value is -1.06. The van der Waals surface area contributed by atoms with Crippen molar-refractivity contribution in [2.24, 2.45) is 0 Å². The fraction of sp³-hybridized carbons (Fsp3) is 0.625. The molecule has 0 fully saturated rings. The quantitative estimate of drug-likeness (QED) is 0.817. The summed E-state index contributed by atoms with van der Waals surface area (Å²) in [6.07, 6.45) is 2.31. The molecule has 1 unspecified atom stereocenters. The zero-order chi connectivity index (χ0) is 13.7. The van der Waals surface area contributed by atoms with Crippen LogP contribution in [0.3, 0.4) is 0 Å². The van der Waals surface area contributed by atoms with Gasteiger partial charge >= 0.3 is 0 Å². The average Bonchev–Trinajstić information content (AvgIpc) is 2.87. The van der Waals surface area contributed by atoms with Crippen LogP contribution in [0.2, 0.25) is 0 Å². The second-order valence-corrected chi connectivity index (χ2v) is 5.08. The summed E-state index contributed by atoms with van der Waals surface area (Å²) < 4.78 is 6.01. The van der Waals surface area contributed by atoms with Crippen LogP contribution in [0, 0.1) is 0 Å². The van der Waals surface area contributed by atoms with Gasteiger partial charge in [0.15, 0.2) is 0 Å². The molecule has 0 saturated carbocycles. The SMILES string of the molecule is CCN(CC)CCOc1cccc2c1CCC2NC. The lowest BCUT2D eigenvalue weighted by atomic mass is 10.1.